The third kappa shape index (κ3) is 3.43. The van der Waals surface area contributed by atoms with Crippen molar-refractivity contribution in [2.24, 2.45) is 5.41 Å². The van der Waals surface area contributed by atoms with Gasteiger partial charge in [0.1, 0.15) is 22.0 Å². The van der Waals surface area contributed by atoms with Gasteiger partial charge < -0.3 is 0 Å². The highest BCUT2D eigenvalue weighted by atomic mass is 35.5. The molecule has 3 nitrogen and oxygen atoms in total. The van der Waals surface area contributed by atoms with Gasteiger partial charge in [-0.1, -0.05) is 56.1 Å². The second kappa shape index (κ2) is 7.13. The minimum absolute atomic E-state index is 0.000859. The molecule has 2 aromatic rings. The van der Waals surface area contributed by atoms with Gasteiger partial charge in [-0.2, -0.15) is 0 Å². The van der Waals surface area contributed by atoms with Crippen molar-refractivity contribution in [3.8, 4) is 11.1 Å². The Hall–Kier alpha value is -1.71. The predicted molar refractivity (Wildman–Crippen MR) is 105 cm³/mol. The van der Waals surface area contributed by atoms with E-state index >= 15 is 0 Å². The largest absolute Gasteiger partial charge is 0.299 e. The molecule has 1 aliphatic rings. The van der Waals surface area contributed by atoms with Gasteiger partial charge in [0.25, 0.3) is 0 Å². The summed E-state index contributed by atoms with van der Waals surface area (Å²) in [5, 5.41) is 0.623. The first kappa shape index (κ1) is 19.1. The zero-order valence-corrected chi connectivity index (χ0v) is 16.6. The molecule has 1 aromatic carbocycles. The fourth-order valence-corrected chi connectivity index (χ4v) is 3.99. The number of hydrogen-bond acceptors (Lipinski definition) is 3. The highest BCUT2D eigenvalue weighted by molar-refractivity contribution is 6.34. The Kier molecular flexibility index (Phi) is 5.23. The van der Waals surface area contributed by atoms with Crippen LogP contribution in [0.2, 0.25) is 10.3 Å². The fraction of sp³-hybridized carbons (Fsp3) is 0.381. The van der Waals surface area contributed by atoms with Crippen molar-refractivity contribution in [3.05, 3.63) is 51.8 Å². The lowest BCUT2D eigenvalue weighted by Gasteiger charge is -2.33. The van der Waals surface area contributed by atoms with Crippen molar-refractivity contribution in [1.29, 1.82) is 0 Å². The van der Waals surface area contributed by atoms with Crippen LogP contribution in [0, 0.1) is 5.41 Å². The highest BCUT2D eigenvalue weighted by Crippen LogP contribution is 2.41. The van der Waals surface area contributed by atoms with Crippen molar-refractivity contribution in [1.82, 2.24) is 4.98 Å². The van der Waals surface area contributed by atoms with E-state index in [1.165, 1.54) is 0 Å². The van der Waals surface area contributed by atoms with Crippen LogP contribution in [-0.2, 0) is 16.0 Å². The lowest BCUT2D eigenvalue weighted by Crippen LogP contribution is -2.39. The van der Waals surface area contributed by atoms with Crippen molar-refractivity contribution in [3.63, 3.8) is 0 Å². The average molecular weight is 390 g/mol. The summed E-state index contributed by atoms with van der Waals surface area (Å²) >= 11 is 12.1. The second-order valence-electron chi connectivity index (χ2n) is 7.39. The number of ketones is 2. The van der Waals surface area contributed by atoms with Crippen LogP contribution >= 0.6 is 23.2 Å². The Bertz CT molecular complexity index is 890. The van der Waals surface area contributed by atoms with Crippen LogP contribution in [-0.4, -0.2) is 16.6 Å². The summed E-state index contributed by atoms with van der Waals surface area (Å²) in [7, 11) is 0. The SMILES string of the molecule is CCc1ccc(-c2ccc(Cl)nc2Cl)cc1C1C(=O)CCC(C)(C)C1=O. The van der Waals surface area contributed by atoms with Crippen LogP contribution in [0.15, 0.2) is 30.3 Å². The summed E-state index contributed by atoms with van der Waals surface area (Å²) in [4.78, 5) is 29.7. The molecule has 136 valence electrons. The summed E-state index contributed by atoms with van der Waals surface area (Å²) < 4.78 is 0. The first-order valence-corrected chi connectivity index (χ1v) is 9.52. The van der Waals surface area contributed by atoms with E-state index in [0.29, 0.717) is 23.1 Å². The number of aromatic nitrogens is 1. The maximum atomic E-state index is 13.0. The number of carbonyl (C=O) groups excluding carboxylic acids is 2. The fourth-order valence-electron chi connectivity index (χ4n) is 3.54. The van der Waals surface area contributed by atoms with E-state index in [0.717, 1.165) is 28.7 Å². The Labute approximate surface area is 163 Å². The van der Waals surface area contributed by atoms with E-state index in [2.05, 4.69) is 4.98 Å². The lowest BCUT2D eigenvalue weighted by atomic mass is 9.67. The Morgan fingerprint density at radius 3 is 2.54 bits per heavy atom. The normalized spacial score (nSPS) is 19.7. The Balaban J connectivity index is 2.14. The number of carbonyl (C=O) groups is 2. The first-order chi connectivity index (χ1) is 12.2. The van der Waals surface area contributed by atoms with Crippen LogP contribution in [0.5, 0.6) is 0 Å². The molecular formula is C21H21Cl2NO2. The molecule has 0 aliphatic heterocycles. The van der Waals surface area contributed by atoms with Crippen molar-refractivity contribution >= 4 is 34.8 Å². The molecule has 1 saturated carbocycles. The molecule has 1 heterocycles. The minimum Gasteiger partial charge on any atom is -0.299 e. The molecule has 1 atom stereocenters. The van der Waals surface area contributed by atoms with E-state index in [1.807, 2.05) is 39.0 Å². The number of pyridine rings is 1. The topological polar surface area (TPSA) is 47.0 Å². The van der Waals surface area contributed by atoms with Gasteiger partial charge >= 0.3 is 0 Å². The third-order valence-corrected chi connectivity index (χ3v) is 5.71. The van der Waals surface area contributed by atoms with E-state index < -0.39 is 11.3 Å². The molecular weight excluding hydrogens is 369 g/mol. The van der Waals surface area contributed by atoms with E-state index in [9.17, 15) is 9.59 Å². The lowest BCUT2D eigenvalue weighted by molar-refractivity contribution is -0.139. The maximum Gasteiger partial charge on any atom is 0.153 e. The monoisotopic (exact) mass is 389 g/mol. The molecule has 0 spiro atoms. The zero-order valence-electron chi connectivity index (χ0n) is 15.1. The van der Waals surface area contributed by atoms with Crippen LogP contribution in [0.3, 0.4) is 0 Å². The average Bonchev–Trinajstić information content (AvgIpc) is 2.59. The minimum atomic E-state index is -0.701. The quantitative estimate of drug-likeness (QED) is 0.502. The smallest absolute Gasteiger partial charge is 0.153 e. The van der Waals surface area contributed by atoms with Gasteiger partial charge in [-0.05, 0) is 47.7 Å². The van der Waals surface area contributed by atoms with Gasteiger partial charge in [0.05, 0.1) is 0 Å². The number of rotatable bonds is 3. The second-order valence-corrected chi connectivity index (χ2v) is 8.13. The predicted octanol–water partition coefficient (Wildman–Crippen LogP) is 5.66. The van der Waals surface area contributed by atoms with Gasteiger partial charge in [-0.15, -0.1) is 0 Å². The molecule has 3 rings (SSSR count). The van der Waals surface area contributed by atoms with Gasteiger partial charge in [-0.3, -0.25) is 9.59 Å². The molecule has 1 aromatic heterocycles. The van der Waals surface area contributed by atoms with Gasteiger partial charge in [0, 0.05) is 17.4 Å². The van der Waals surface area contributed by atoms with Crippen molar-refractivity contribution < 1.29 is 9.59 Å². The van der Waals surface area contributed by atoms with E-state index in [4.69, 9.17) is 23.2 Å². The summed E-state index contributed by atoms with van der Waals surface area (Å²) in [6, 6.07) is 9.31. The van der Waals surface area contributed by atoms with Crippen LogP contribution < -0.4 is 0 Å². The Morgan fingerprint density at radius 1 is 1.15 bits per heavy atom. The number of Topliss-reactive ketones (excluding diaryl/α,β-unsaturated/α-hetero) is 2. The summed E-state index contributed by atoms with van der Waals surface area (Å²) in [5.41, 5.74) is 2.87. The summed E-state index contributed by atoms with van der Waals surface area (Å²) in [6.45, 7) is 5.87. The first-order valence-electron chi connectivity index (χ1n) is 8.77. The third-order valence-electron chi connectivity index (χ3n) is 5.21. The number of nitrogens with zero attached hydrogens (tertiary/aromatic N) is 1. The molecule has 0 N–H and O–H groups in total. The van der Waals surface area contributed by atoms with Gasteiger partial charge in [-0.25, -0.2) is 4.98 Å². The Morgan fingerprint density at radius 2 is 1.88 bits per heavy atom. The molecule has 5 heteroatoms. The molecule has 1 fully saturated rings. The van der Waals surface area contributed by atoms with E-state index in [1.54, 1.807) is 12.1 Å². The number of halogens is 2. The number of aryl methyl sites for hydroxylation is 1. The molecule has 26 heavy (non-hydrogen) atoms. The molecule has 1 unspecified atom stereocenters. The molecule has 0 radical (unpaired) electrons. The standard InChI is InChI=1S/C21H21Cl2NO2/c1-4-12-5-6-13(14-7-8-17(22)24-20(14)23)11-15(12)18-16(25)9-10-21(2,3)19(18)26/h5-8,11,18H,4,9-10H2,1-3H3. The molecule has 0 amide bonds. The van der Waals surface area contributed by atoms with E-state index in [-0.39, 0.29) is 11.6 Å². The van der Waals surface area contributed by atoms with Gasteiger partial charge in [0.15, 0.2) is 5.78 Å². The maximum absolute atomic E-state index is 13.0. The molecule has 0 saturated heterocycles. The zero-order chi connectivity index (χ0) is 19.1. The summed E-state index contributed by atoms with van der Waals surface area (Å²) in [6.07, 6.45) is 1.79. The number of benzene rings is 1. The van der Waals surface area contributed by atoms with Crippen LogP contribution in [0.1, 0.15) is 50.7 Å². The van der Waals surface area contributed by atoms with Crippen LogP contribution in [0.4, 0.5) is 0 Å². The number of hydrogen-bond donors (Lipinski definition) is 0. The van der Waals surface area contributed by atoms with Gasteiger partial charge in [0.2, 0.25) is 0 Å². The van der Waals surface area contributed by atoms with Crippen LogP contribution in [0.25, 0.3) is 11.1 Å². The highest BCUT2D eigenvalue weighted by Gasteiger charge is 2.43. The molecule has 1 aliphatic carbocycles. The van der Waals surface area contributed by atoms with Crippen molar-refractivity contribution in [2.75, 3.05) is 0 Å². The van der Waals surface area contributed by atoms with Crippen molar-refractivity contribution in [2.45, 2.75) is 46.0 Å². The summed E-state index contributed by atoms with van der Waals surface area (Å²) in [5.74, 6) is -0.699. The molecule has 0 bridgehead atoms.